The van der Waals surface area contributed by atoms with Crippen molar-refractivity contribution >= 4 is 29.1 Å². The Labute approximate surface area is 115 Å². The van der Waals surface area contributed by atoms with E-state index in [1.165, 1.54) is 43.1 Å². The molecule has 0 bridgehead atoms. The second-order valence-corrected chi connectivity index (χ2v) is 6.13. The third-order valence-electron chi connectivity index (χ3n) is 2.73. The molecule has 1 aliphatic rings. The highest BCUT2D eigenvalue weighted by atomic mass is 32.2. The van der Waals surface area contributed by atoms with Crippen LogP contribution in [-0.4, -0.2) is 29.0 Å². The highest BCUT2D eigenvalue weighted by Crippen LogP contribution is 2.37. The van der Waals surface area contributed by atoms with E-state index in [1.54, 1.807) is 0 Å². The smallest absolute Gasteiger partial charge is 0.267 e. The number of hydrogen-bond donors (Lipinski definition) is 0. The molecule has 1 aromatic rings. The number of carbonyl (C=O) groups is 2. The Kier molecular flexibility index (Phi) is 3.75. The van der Waals surface area contributed by atoms with Crippen LogP contribution in [0.5, 0.6) is 0 Å². The fourth-order valence-electron chi connectivity index (χ4n) is 1.83. The van der Waals surface area contributed by atoms with Crippen LogP contribution in [0.1, 0.15) is 19.4 Å². The van der Waals surface area contributed by atoms with Gasteiger partial charge in [-0.2, -0.15) is 0 Å². The fraction of sp³-hybridized carbons (Fsp3) is 0.286. The summed E-state index contributed by atoms with van der Waals surface area (Å²) in [6, 6.07) is 5.62. The number of amides is 2. The van der Waals surface area contributed by atoms with Crippen LogP contribution < -0.4 is 0 Å². The zero-order chi connectivity index (χ0) is 14.2. The van der Waals surface area contributed by atoms with Gasteiger partial charge in [0, 0.05) is 12.3 Å². The molecule has 1 aromatic carbocycles. The van der Waals surface area contributed by atoms with Gasteiger partial charge in [0.1, 0.15) is 5.82 Å². The van der Waals surface area contributed by atoms with Gasteiger partial charge in [0.25, 0.3) is 11.8 Å². The normalized spacial score (nSPS) is 15.9. The van der Waals surface area contributed by atoms with E-state index in [0.29, 0.717) is 16.0 Å². The van der Waals surface area contributed by atoms with Gasteiger partial charge < -0.3 is 0 Å². The van der Waals surface area contributed by atoms with Crippen molar-refractivity contribution in [2.75, 3.05) is 7.05 Å². The predicted octanol–water partition coefficient (Wildman–Crippen LogP) is 2.68. The molecule has 0 saturated heterocycles. The lowest BCUT2D eigenvalue weighted by Crippen LogP contribution is -2.26. The Morgan fingerprint density at radius 3 is 2.21 bits per heavy atom. The maximum absolute atomic E-state index is 12.9. The highest BCUT2D eigenvalue weighted by molar-refractivity contribution is 8.04. The van der Waals surface area contributed by atoms with Crippen LogP contribution in [-0.2, 0) is 9.59 Å². The predicted molar refractivity (Wildman–Crippen MR) is 73.8 cm³/mol. The van der Waals surface area contributed by atoms with Crippen molar-refractivity contribution in [3.05, 3.63) is 40.6 Å². The van der Waals surface area contributed by atoms with E-state index in [-0.39, 0.29) is 22.9 Å². The number of rotatable bonds is 3. The van der Waals surface area contributed by atoms with Crippen LogP contribution in [0.2, 0.25) is 0 Å². The van der Waals surface area contributed by atoms with Crippen molar-refractivity contribution in [3.63, 3.8) is 0 Å². The number of nitrogens with zero attached hydrogens (tertiary/aromatic N) is 1. The summed E-state index contributed by atoms with van der Waals surface area (Å²) in [5, 5.41) is 0.189. The van der Waals surface area contributed by atoms with Crippen LogP contribution in [0.15, 0.2) is 29.2 Å². The van der Waals surface area contributed by atoms with Crippen LogP contribution in [0.4, 0.5) is 4.39 Å². The Morgan fingerprint density at radius 1 is 1.11 bits per heavy atom. The first-order valence-corrected chi connectivity index (χ1v) is 6.79. The van der Waals surface area contributed by atoms with Gasteiger partial charge in [-0.05, 0) is 17.7 Å². The van der Waals surface area contributed by atoms with Crippen LogP contribution >= 0.6 is 11.8 Å². The summed E-state index contributed by atoms with van der Waals surface area (Å²) in [7, 11) is 1.46. The molecule has 19 heavy (non-hydrogen) atoms. The Balaban J connectivity index is 2.53. The molecule has 0 aromatic heterocycles. The second-order valence-electron chi connectivity index (χ2n) is 4.55. The lowest BCUT2D eigenvalue weighted by Gasteiger charge is -2.07. The molecular formula is C14H14FNO2S. The molecule has 1 aliphatic heterocycles. The molecule has 0 spiro atoms. The van der Waals surface area contributed by atoms with Gasteiger partial charge in [0.15, 0.2) is 0 Å². The standard InChI is InChI=1S/C14H14FNO2S/c1-8(2)19-12-11(13(17)16(3)14(12)18)9-4-6-10(15)7-5-9/h4-8H,1-3H3. The third kappa shape index (κ3) is 2.56. The van der Waals surface area contributed by atoms with Crippen molar-refractivity contribution in [1.82, 2.24) is 4.90 Å². The first-order chi connectivity index (χ1) is 8.91. The first kappa shape index (κ1) is 13.8. The van der Waals surface area contributed by atoms with Crippen LogP contribution in [0.25, 0.3) is 5.57 Å². The molecule has 2 amide bonds. The van der Waals surface area contributed by atoms with Gasteiger partial charge in [0.2, 0.25) is 0 Å². The molecule has 0 N–H and O–H groups in total. The number of thioether (sulfide) groups is 1. The number of benzene rings is 1. The molecule has 1 heterocycles. The van der Waals surface area contributed by atoms with Crippen molar-refractivity contribution in [1.29, 1.82) is 0 Å². The first-order valence-electron chi connectivity index (χ1n) is 5.91. The Hall–Kier alpha value is -1.62. The Morgan fingerprint density at radius 2 is 1.68 bits per heavy atom. The van der Waals surface area contributed by atoms with E-state index in [0.717, 1.165) is 4.90 Å². The number of likely N-dealkylation sites (N-methyl/N-ethyl adjacent to an activating group) is 1. The summed E-state index contributed by atoms with van der Waals surface area (Å²) in [5.41, 5.74) is 0.943. The number of hydrogen-bond acceptors (Lipinski definition) is 3. The maximum Gasteiger partial charge on any atom is 0.267 e. The number of imide groups is 1. The minimum atomic E-state index is -0.368. The summed E-state index contributed by atoms with van der Waals surface area (Å²) in [5.74, 6) is -0.990. The molecule has 0 radical (unpaired) electrons. The molecule has 0 fully saturated rings. The Bertz CT molecular complexity index is 563. The zero-order valence-corrected chi connectivity index (χ0v) is 11.8. The van der Waals surface area contributed by atoms with Crippen molar-refractivity contribution in [2.24, 2.45) is 0 Å². The van der Waals surface area contributed by atoms with E-state index in [2.05, 4.69) is 0 Å². The zero-order valence-electron chi connectivity index (χ0n) is 10.9. The minimum absolute atomic E-state index is 0.189. The van der Waals surface area contributed by atoms with E-state index in [4.69, 9.17) is 0 Å². The van der Waals surface area contributed by atoms with Crippen LogP contribution in [0.3, 0.4) is 0 Å². The number of halogens is 1. The molecule has 0 aliphatic carbocycles. The third-order valence-corrected chi connectivity index (χ3v) is 3.82. The molecule has 0 atom stereocenters. The summed E-state index contributed by atoms with van der Waals surface area (Å²) >= 11 is 1.36. The van der Waals surface area contributed by atoms with Gasteiger partial charge >= 0.3 is 0 Å². The average molecular weight is 279 g/mol. The van der Waals surface area contributed by atoms with Crippen molar-refractivity contribution in [3.8, 4) is 0 Å². The molecule has 0 unspecified atom stereocenters. The minimum Gasteiger partial charge on any atom is -0.277 e. The maximum atomic E-state index is 12.9. The number of carbonyl (C=O) groups excluding carboxylic acids is 2. The summed E-state index contributed by atoms with van der Waals surface area (Å²) in [6.07, 6.45) is 0. The van der Waals surface area contributed by atoms with E-state index >= 15 is 0 Å². The SMILES string of the molecule is CC(C)SC1=C(c2ccc(F)cc2)C(=O)N(C)C1=O. The quantitative estimate of drug-likeness (QED) is 0.798. The van der Waals surface area contributed by atoms with Gasteiger partial charge in [-0.3, -0.25) is 14.5 Å². The fourth-order valence-corrected chi connectivity index (χ4v) is 2.86. The average Bonchev–Trinajstić information content (AvgIpc) is 2.55. The van der Waals surface area contributed by atoms with Crippen molar-refractivity contribution < 1.29 is 14.0 Å². The summed E-state index contributed by atoms with van der Waals surface area (Å²) in [4.78, 5) is 25.7. The molecule has 3 nitrogen and oxygen atoms in total. The van der Waals surface area contributed by atoms with Gasteiger partial charge in [0.05, 0.1) is 10.5 Å². The summed E-state index contributed by atoms with van der Waals surface area (Å²) < 4.78 is 12.9. The van der Waals surface area contributed by atoms with Crippen LogP contribution in [0, 0.1) is 5.82 Å². The highest BCUT2D eigenvalue weighted by Gasteiger charge is 2.37. The second kappa shape index (κ2) is 5.17. The van der Waals surface area contributed by atoms with Gasteiger partial charge in [-0.1, -0.05) is 26.0 Å². The molecule has 100 valence electrons. The van der Waals surface area contributed by atoms with Gasteiger partial charge in [-0.15, -0.1) is 11.8 Å². The van der Waals surface area contributed by atoms with E-state index < -0.39 is 0 Å². The van der Waals surface area contributed by atoms with E-state index in [9.17, 15) is 14.0 Å². The van der Waals surface area contributed by atoms with Gasteiger partial charge in [-0.25, -0.2) is 4.39 Å². The monoisotopic (exact) mass is 279 g/mol. The lowest BCUT2D eigenvalue weighted by atomic mass is 10.1. The largest absolute Gasteiger partial charge is 0.277 e. The topological polar surface area (TPSA) is 37.4 Å². The molecular weight excluding hydrogens is 265 g/mol. The molecule has 2 rings (SSSR count). The lowest BCUT2D eigenvalue weighted by molar-refractivity contribution is -0.134. The van der Waals surface area contributed by atoms with E-state index in [1.807, 2.05) is 13.8 Å². The molecule has 5 heteroatoms. The molecule has 0 saturated carbocycles. The van der Waals surface area contributed by atoms with Crippen molar-refractivity contribution in [2.45, 2.75) is 19.1 Å². The summed E-state index contributed by atoms with van der Waals surface area (Å²) in [6.45, 7) is 3.91.